The van der Waals surface area contributed by atoms with Gasteiger partial charge in [-0.05, 0) is 44.6 Å². The van der Waals surface area contributed by atoms with Crippen LogP contribution in [0.15, 0.2) is 30.5 Å². The number of H-pyrrole nitrogens is 1. The molecule has 2 atom stereocenters. The molecule has 12 heteroatoms. The first-order valence-electron chi connectivity index (χ1n) is 12.7. The van der Waals surface area contributed by atoms with Gasteiger partial charge in [0.2, 0.25) is 0 Å². The zero-order valence-electron chi connectivity index (χ0n) is 22.8. The molecule has 0 radical (unpaired) electrons. The minimum absolute atomic E-state index is 0.259. The number of aldehydes is 1. The van der Waals surface area contributed by atoms with E-state index in [1.807, 2.05) is 52.0 Å². The molecular formula is C26H35BF2N4O5. The van der Waals surface area contributed by atoms with Gasteiger partial charge in [-0.15, -0.1) is 0 Å². The molecule has 206 valence electrons. The fraction of sp³-hybridized carbons (Fsp3) is 0.577. The number of aromatic nitrogens is 2. The highest BCUT2D eigenvalue weighted by Crippen LogP contribution is 2.42. The summed E-state index contributed by atoms with van der Waals surface area (Å²) in [4.78, 5) is 32.0. The van der Waals surface area contributed by atoms with Crippen LogP contribution in [0.5, 0.6) is 0 Å². The summed E-state index contributed by atoms with van der Waals surface area (Å²) in [5.41, 5.74) is 1.35. The van der Waals surface area contributed by atoms with Crippen molar-refractivity contribution in [2.75, 3.05) is 13.7 Å². The molecule has 38 heavy (non-hydrogen) atoms. The lowest BCUT2D eigenvalue weighted by atomic mass is 9.79. The Labute approximate surface area is 221 Å². The van der Waals surface area contributed by atoms with Gasteiger partial charge >= 0.3 is 13.2 Å². The van der Waals surface area contributed by atoms with Gasteiger partial charge in [0.05, 0.1) is 42.8 Å². The number of carbonyl (C=O) groups is 2. The topological polar surface area (TPSA) is 97.0 Å². The molecule has 0 spiro atoms. The van der Waals surface area contributed by atoms with Gasteiger partial charge in [-0.3, -0.25) is 0 Å². The highest BCUT2D eigenvalue weighted by atomic mass is 19.3. The average Bonchev–Trinajstić information content (AvgIpc) is 3.50. The Morgan fingerprint density at radius 3 is 2.34 bits per heavy atom. The molecule has 9 nitrogen and oxygen atoms in total. The summed E-state index contributed by atoms with van der Waals surface area (Å²) in [6, 6.07) is 5.59. The minimum atomic E-state index is -3.10. The molecule has 1 aromatic heterocycles. The largest absolute Gasteiger partial charge is 0.494 e. The first kappa shape index (κ1) is 28.2. The van der Waals surface area contributed by atoms with E-state index in [1.165, 1.54) is 5.01 Å². The van der Waals surface area contributed by atoms with Crippen LogP contribution >= 0.6 is 0 Å². The predicted molar refractivity (Wildman–Crippen MR) is 138 cm³/mol. The number of hydrogen-bond acceptors (Lipinski definition) is 7. The van der Waals surface area contributed by atoms with Crippen LogP contribution in [-0.2, 0) is 18.8 Å². The van der Waals surface area contributed by atoms with Crippen molar-refractivity contribution >= 4 is 25.0 Å². The van der Waals surface area contributed by atoms with E-state index in [4.69, 9.17) is 14.0 Å². The predicted octanol–water partition coefficient (Wildman–Crippen LogP) is 3.96. The van der Waals surface area contributed by atoms with E-state index in [-0.39, 0.29) is 11.7 Å². The van der Waals surface area contributed by atoms with Gasteiger partial charge in [-0.25, -0.2) is 23.6 Å². The van der Waals surface area contributed by atoms with Crippen molar-refractivity contribution in [1.29, 1.82) is 0 Å². The fourth-order valence-corrected chi connectivity index (χ4v) is 4.70. The molecule has 3 heterocycles. The summed E-state index contributed by atoms with van der Waals surface area (Å²) in [6.07, 6.45) is 0.682. The van der Waals surface area contributed by atoms with Crippen molar-refractivity contribution < 1.29 is 32.4 Å². The van der Waals surface area contributed by atoms with Gasteiger partial charge in [0.25, 0.3) is 5.92 Å². The van der Waals surface area contributed by atoms with Crippen LogP contribution in [0, 0.1) is 5.92 Å². The number of methoxy groups -OCH3 is 1. The highest BCUT2D eigenvalue weighted by molar-refractivity contribution is 6.62. The Morgan fingerprint density at radius 1 is 1.21 bits per heavy atom. The van der Waals surface area contributed by atoms with Crippen molar-refractivity contribution in [2.45, 2.75) is 77.2 Å². The SMILES string of the molecule is COC(=O)N([C@H](C=O)C(C)C)N1CC(F)(F)C[C@H]1c1ncc(-c2ccc(B3OC(C)(C)C(C)(C)O3)cc2)[nH]1. The lowest BCUT2D eigenvalue weighted by Crippen LogP contribution is -2.55. The number of nitrogens with zero attached hydrogens (tertiary/aromatic N) is 3. The number of aromatic amines is 1. The Kier molecular flexibility index (Phi) is 7.46. The van der Waals surface area contributed by atoms with Gasteiger partial charge in [0, 0.05) is 6.42 Å². The van der Waals surface area contributed by atoms with Crippen molar-refractivity contribution in [2.24, 2.45) is 5.92 Å². The molecule has 2 fully saturated rings. The third kappa shape index (κ3) is 5.21. The van der Waals surface area contributed by atoms with E-state index in [9.17, 15) is 18.4 Å². The molecule has 0 unspecified atom stereocenters. The third-order valence-electron chi connectivity index (χ3n) is 7.65. The number of hydrazine groups is 1. The Hall–Kier alpha value is -2.83. The number of ether oxygens (including phenoxy) is 1. The van der Waals surface area contributed by atoms with Gasteiger partial charge in [0.15, 0.2) is 0 Å². The summed E-state index contributed by atoms with van der Waals surface area (Å²) in [6.45, 7) is 10.7. The van der Waals surface area contributed by atoms with E-state index >= 15 is 0 Å². The smallest absolute Gasteiger partial charge is 0.452 e. The number of rotatable bonds is 7. The van der Waals surface area contributed by atoms with Crippen molar-refractivity contribution in [3.8, 4) is 11.3 Å². The van der Waals surface area contributed by atoms with Gasteiger partial charge in [-0.2, -0.15) is 5.01 Å². The van der Waals surface area contributed by atoms with E-state index in [0.29, 0.717) is 12.0 Å². The maximum absolute atomic E-state index is 14.7. The second-order valence-electron chi connectivity index (χ2n) is 11.3. The monoisotopic (exact) mass is 532 g/mol. The lowest BCUT2D eigenvalue weighted by molar-refractivity contribution is -0.126. The van der Waals surface area contributed by atoms with Crippen LogP contribution in [0.1, 0.15) is 59.8 Å². The van der Waals surface area contributed by atoms with E-state index in [1.54, 1.807) is 20.0 Å². The van der Waals surface area contributed by atoms with Crippen molar-refractivity contribution in [1.82, 2.24) is 20.0 Å². The zero-order chi connectivity index (χ0) is 28.0. The minimum Gasteiger partial charge on any atom is -0.452 e. The summed E-state index contributed by atoms with van der Waals surface area (Å²) in [5, 5.41) is 2.18. The van der Waals surface area contributed by atoms with E-state index < -0.39 is 55.4 Å². The van der Waals surface area contributed by atoms with Crippen LogP contribution in [0.2, 0.25) is 0 Å². The molecule has 1 N–H and O–H groups in total. The van der Waals surface area contributed by atoms with E-state index in [2.05, 4.69) is 9.97 Å². The van der Waals surface area contributed by atoms with Gasteiger partial charge in [0.1, 0.15) is 18.2 Å². The maximum Gasteiger partial charge on any atom is 0.494 e. The first-order valence-corrected chi connectivity index (χ1v) is 12.7. The second-order valence-corrected chi connectivity index (χ2v) is 11.3. The number of halogens is 2. The fourth-order valence-electron chi connectivity index (χ4n) is 4.70. The quantitative estimate of drug-likeness (QED) is 0.426. The molecule has 1 aromatic carbocycles. The molecular weight excluding hydrogens is 497 g/mol. The molecule has 0 aliphatic carbocycles. The number of nitrogens with one attached hydrogen (secondary N) is 1. The highest BCUT2D eigenvalue weighted by Gasteiger charge is 2.53. The van der Waals surface area contributed by atoms with Crippen LogP contribution in [-0.4, -0.2) is 76.3 Å². The Balaban J connectivity index is 1.59. The Morgan fingerprint density at radius 2 is 1.82 bits per heavy atom. The molecule has 0 saturated carbocycles. The standard InChI is InChI=1S/C26H35BF2N4O5/c1-16(2)21(14-34)33(23(35)36-7)32-15-26(28,29)12-20(32)22-30-13-19(31-22)17-8-10-18(11-9-17)27-37-24(3,4)25(5,6)38-27/h8-11,13-14,16,20-21H,12,15H2,1-7H3,(H,30,31)/t20-,21+/m0/s1. The molecule has 2 saturated heterocycles. The van der Waals surface area contributed by atoms with Gasteiger partial charge < -0.3 is 23.8 Å². The number of alkyl halides is 2. The van der Waals surface area contributed by atoms with Gasteiger partial charge in [-0.1, -0.05) is 38.1 Å². The van der Waals surface area contributed by atoms with Crippen LogP contribution in [0.4, 0.5) is 13.6 Å². The van der Waals surface area contributed by atoms with Crippen LogP contribution < -0.4 is 5.46 Å². The second kappa shape index (κ2) is 10.1. The van der Waals surface area contributed by atoms with Crippen LogP contribution in [0.25, 0.3) is 11.3 Å². The number of imidazole rings is 1. The number of hydrogen-bond donors (Lipinski definition) is 1. The summed E-state index contributed by atoms with van der Waals surface area (Å²) >= 11 is 0. The average molecular weight is 532 g/mol. The third-order valence-corrected chi connectivity index (χ3v) is 7.65. The molecule has 2 aliphatic rings. The summed E-state index contributed by atoms with van der Waals surface area (Å²) in [7, 11) is 0.649. The zero-order valence-corrected chi connectivity index (χ0v) is 22.8. The molecule has 2 aliphatic heterocycles. The maximum atomic E-state index is 14.7. The Bertz CT molecular complexity index is 1150. The van der Waals surface area contributed by atoms with E-state index in [0.717, 1.165) is 23.1 Å². The molecule has 2 aromatic rings. The molecule has 4 rings (SSSR count). The first-order chi connectivity index (χ1) is 17.7. The summed E-state index contributed by atoms with van der Waals surface area (Å²) < 4.78 is 46.4. The number of carbonyl (C=O) groups excluding carboxylic acids is 2. The summed E-state index contributed by atoms with van der Waals surface area (Å²) in [5.74, 6) is -3.16. The van der Waals surface area contributed by atoms with Crippen LogP contribution in [0.3, 0.4) is 0 Å². The van der Waals surface area contributed by atoms with Crippen molar-refractivity contribution in [3.05, 3.63) is 36.3 Å². The lowest BCUT2D eigenvalue weighted by Gasteiger charge is -2.38. The molecule has 1 amide bonds. The number of amides is 1. The normalized spacial score (nSPS) is 23.0. The van der Waals surface area contributed by atoms with Crippen molar-refractivity contribution in [3.63, 3.8) is 0 Å². The molecule has 0 bridgehead atoms. The number of benzene rings is 1.